The van der Waals surface area contributed by atoms with Crippen LogP contribution in [0.5, 0.6) is 5.75 Å². The summed E-state index contributed by atoms with van der Waals surface area (Å²) >= 11 is 0. The van der Waals surface area contributed by atoms with Gasteiger partial charge in [-0.15, -0.1) is 0 Å². The number of ether oxygens (including phenoxy) is 3. The summed E-state index contributed by atoms with van der Waals surface area (Å²) < 4.78 is 17.8. The molecule has 1 heterocycles. The molecule has 3 rings (SSSR count). The minimum Gasteiger partial charge on any atom is -0.494 e. The molecule has 164 valence electrons. The first kappa shape index (κ1) is 22.3. The summed E-state index contributed by atoms with van der Waals surface area (Å²) in [6.45, 7) is 5.14. The van der Waals surface area contributed by atoms with Gasteiger partial charge in [-0.1, -0.05) is 56.5 Å². The molecule has 0 radical (unpaired) electrons. The van der Waals surface area contributed by atoms with E-state index in [9.17, 15) is 4.79 Å². The van der Waals surface area contributed by atoms with Crippen LogP contribution in [0, 0.1) is 0 Å². The van der Waals surface area contributed by atoms with Crippen molar-refractivity contribution in [2.75, 3.05) is 13.2 Å². The van der Waals surface area contributed by atoms with Crippen LogP contribution in [-0.2, 0) is 16.1 Å². The molecule has 0 bridgehead atoms. The van der Waals surface area contributed by atoms with Gasteiger partial charge in [-0.2, -0.15) is 5.10 Å². The standard InChI is InChI=1S/C24H29N3O4/c1-3-5-6-9-15-30-24(28)31-17-20-11-7-8-14-22(20)27-23(25-18-26-27)19-12-10-13-21(16-19)29-4-2/h7-8,10-14,16,18H,3-6,9,15,17H2,1-2H3. The molecule has 0 saturated heterocycles. The quantitative estimate of drug-likeness (QED) is 0.297. The zero-order valence-corrected chi connectivity index (χ0v) is 18.1. The fourth-order valence-corrected chi connectivity index (χ4v) is 3.21. The molecule has 31 heavy (non-hydrogen) atoms. The minimum absolute atomic E-state index is 0.0856. The van der Waals surface area contributed by atoms with E-state index in [-0.39, 0.29) is 6.61 Å². The van der Waals surface area contributed by atoms with Gasteiger partial charge in [0.25, 0.3) is 0 Å². The van der Waals surface area contributed by atoms with Gasteiger partial charge in [0.1, 0.15) is 18.7 Å². The van der Waals surface area contributed by atoms with Crippen molar-refractivity contribution in [1.29, 1.82) is 0 Å². The van der Waals surface area contributed by atoms with Crippen LogP contribution in [0.1, 0.15) is 45.1 Å². The Kier molecular flexibility index (Phi) is 8.46. The summed E-state index contributed by atoms with van der Waals surface area (Å²) in [6.07, 6.45) is 5.02. The third-order valence-corrected chi connectivity index (χ3v) is 4.73. The van der Waals surface area contributed by atoms with Crippen molar-refractivity contribution >= 4 is 6.16 Å². The van der Waals surface area contributed by atoms with Crippen molar-refractivity contribution in [3.63, 3.8) is 0 Å². The number of hydrogen-bond acceptors (Lipinski definition) is 6. The molecule has 2 aromatic carbocycles. The zero-order valence-electron chi connectivity index (χ0n) is 18.1. The van der Waals surface area contributed by atoms with Gasteiger partial charge in [-0.05, 0) is 31.5 Å². The molecular formula is C24H29N3O4. The Labute approximate surface area is 183 Å². The van der Waals surface area contributed by atoms with E-state index < -0.39 is 6.16 Å². The molecule has 0 unspecified atom stereocenters. The van der Waals surface area contributed by atoms with E-state index in [0.717, 1.165) is 48.2 Å². The number of unbranched alkanes of at least 4 members (excludes halogenated alkanes) is 3. The fraction of sp³-hybridized carbons (Fsp3) is 0.375. The first-order valence-corrected chi connectivity index (χ1v) is 10.7. The van der Waals surface area contributed by atoms with E-state index in [4.69, 9.17) is 14.2 Å². The first-order chi connectivity index (χ1) is 15.2. The van der Waals surface area contributed by atoms with Crippen molar-refractivity contribution < 1.29 is 19.0 Å². The maximum atomic E-state index is 11.9. The predicted octanol–water partition coefficient (Wildman–Crippen LogP) is 5.57. The first-order valence-electron chi connectivity index (χ1n) is 10.7. The number of benzene rings is 2. The number of hydrogen-bond donors (Lipinski definition) is 0. The van der Waals surface area contributed by atoms with E-state index in [1.807, 2.05) is 55.5 Å². The zero-order chi connectivity index (χ0) is 21.9. The maximum absolute atomic E-state index is 11.9. The molecule has 0 spiro atoms. The lowest BCUT2D eigenvalue weighted by molar-refractivity contribution is 0.0487. The van der Waals surface area contributed by atoms with E-state index in [0.29, 0.717) is 19.0 Å². The lowest BCUT2D eigenvalue weighted by Crippen LogP contribution is -2.10. The number of carbonyl (C=O) groups excluding carboxylic acids is 1. The smallest absolute Gasteiger partial charge is 0.494 e. The molecule has 1 aromatic heterocycles. The van der Waals surface area contributed by atoms with E-state index in [1.54, 1.807) is 4.68 Å². The van der Waals surface area contributed by atoms with Gasteiger partial charge in [0.15, 0.2) is 5.82 Å². The molecule has 0 amide bonds. The highest BCUT2D eigenvalue weighted by Gasteiger charge is 2.14. The fourth-order valence-electron chi connectivity index (χ4n) is 3.21. The maximum Gasteiger partial charge on any atom is 0.508 e. The molecule has 0 aliphatic rings. The highest BCUT2D eigenvalue weighted by atomic mass is 16.7. The molecular weight excluding hydrogens is 394 g/mol. The van der Waals surface area contributed by atoms with Crippen LogP contribution in [0.4, 0.5) is 4.79 Å². The predicted molar refractivity (Wildman–Crippen MR) is 118 cm³/mol. The van der Waals surface area contributed by atoms with Gasteiger partial charge in [0.2, 0.25) is 0 Å². The van der Waals surface area contributed by atoms with Gasteiger partial charge < -0.3 is 14.2 Å². The molecule has 7 heteroatoms. The topological polar surface area (TPSA) is 75.5 Å². The molecule has 7 nitrogen and oxygen atoms in total. The summed E-state index contributed by atoms with van der Waals surface area (Å²) in [5.41, 5.74) is 2.47. The SMILES string of the molecule is CCCCCCOC(=O)OCc1ccccc1-n1ncnc1-c1cccc(OCC)c1. The summed E-state index contributed by atoms with van der Waals surface area (Å²) in [4.78, 5) is 16.4. The van der Waals surface area contributed by atoms with E-state index in [2.05, 4.69) is 17.0 Å². The van der Waals surface area contributed by atoms with E-state index >= 15 is 0 Å². The van der Waals surface area contributed by atoms with E-state index in [1.165, 1.54) is 6.33 Å². The molecule has 0 N–H and O–H groups in total. The summed E-state index contributed by atoms with van der Waals surface area (Å²) in [6, 6.07) is 15.3. The Morgan fingerprint density at radius 2 is 1.87 bits per heavy atom. The molecule has 0 aliphatic heterocycles. The molecule has 0 fully saturated rings. The largest absolute Gasteiger partial charge is 0.508 e. The van der Waals surface area contributed by atoms with Crippen molar-refractivity contribution in [2.45, 2.75) is 46.1 Å². The monoisotopic (exact) mass is 423 g/mol. The van der Waals surface area contributed by atoms with Crippen molar-refractivity contribution in [2.24, 2.45) is 0 Å². The minimum atomic E-state index is -0.658. The highest BCUT2D eigenvalue weighted by Crippen LogP contribution is 2.25. The third-order valence-electron chi connectivity index (χ3n) is 4.73. The molecule has 3 aromatic rings. The Balaban J connectivity index is 1.71. The average molecular weight is 424 g/mol. The van der Waals surface area contributed by atoms with Crippen LogP contribution in [0.25, 0.3) is 17.1 Å². The lowest BCUT2D eigenvalue weighted by atomic mass is 10.1. The van der Waals surface area contributed by atoms with Gasteiger partial charge in [0.05, 0.1) is 18.9 Å². The van der Waals surface area contributed by atoms with Crippen LogP contribution in [-0.4, -0.2) is 34.1 Å². The number of aromatic nitrogens is 3. The molecule has 0 saturated carbocycles. The Morgan fingerprint density at radius 1 is 1.00 bits per heavy atom. The Bertz CT molecular complexity index is 971. The third kappa shape index (κ3) is 6.31. The van der Waals surface area contributed by atoms with Crippen molar-refractivity contribution in [1.82, 2.24) is 14.8 Å². The number of rotatable bonds is 11. The Hall–Kier alpha value is -3.35. The second-order valence-electron chi connectivity index (χ2n) is 7.03. The van der Waals surface area contributed by atoms with Crippen molar-refractivity contribution in [3.8, 4) is 22.8 Å². The van der Waals surface area contributed by atoms with Crippen LogP contribution < -0.4 is 4.74 Å². The summed E-state index contributed by atoms with van der Waals surface area (Å²) in [5.74, 6) is 1.44. The normalized spacial score (nSPS) is 10.6. The van der Waals surface area contributed by atoms with Gasteiger partial charge >= 0.3 is 6.16 Å². The summed E-state index contributed by atoms with van der Waals surface area (Å²) in [7, 11) is 0. The van der Waals surface area contributed by atoms with Gasteiger partial charge in [-0.25, -0.2) is 14.5 Å². The van der Waals surface area contributed by atoms with Crippen LogP contribution in [0.2, 0.25) is 0 Å². The van der Waals surface area contributed by atoms with Crippen LogP contribution >= 0.6 is 0 Å². The second kappa shape index (κ2) is 11.7. The van der Waals surface area contributed by atoms with Crippen LogP contribution in [0.3, 0.4) is 0 Å². The van der Waals surface area contributed by atoms with Crippen LogP contribution in [0.15, 0.2) is 54.9 Å². The summed E-state index contributed by atoms with van der Waals surface area (Å²) in [5, 5.41) is 4.40. The number of nitrogens with zero attached hydrogens (tertiary/aromatic N) is 3. The molecule has 0 atom stereocenters. The average Bonchev–Trinajstić information content (AvgIpc) is 3.28. The molecule has 0 aliphatic carbocycles. The van der Waals surface area contributed by atoms with Crippen molar-refractivity contribution in [3.05, 3.63) is 60.4 Å². The number of carbonyl (C=O) groups is 1. The van der Waals surface area contributed by atoms with Gasteiger partial charge in [0, 0.05) is 11.1 Å². The van der Waals surface area contributed by atoms with Gasteiger partial charge in [-0.3, -0.25) is 0 Å². The second-order valence-corrected chi connectivity index (χ2v) is 7.03. The Morgan fingerprint density at radius 3 is 2.71 bits per heavy atom. The highest BCUT2D eigenvalue weighted by molar-refractivity contribution is 5.62. The number of para-hydroxylation sites is 1. The lowest BCUT2D eigenvalue weighted by Gasteiger charge is -2.13.